The molecule has 0 unspecified atom stereocenters. The number of carboxylic acids is 2. The van der Waals surface area contributed by atoms with E-state index < -0.39 is 41.8 Å². The maximum Gasteiger partial charge on any atom is 0.321 e. The zero-order valence-electron chi connectivity index (χ0n) is 17.9. The van der Waals surface area contributed by atoms with Gasteiger partial charge in [-0.1, -0.05) is 60.7 Å². The minimum Gasteiger partial charge on any atom is -0.480 e. The molecule has 0 fully saturated rings. The normalized spacial score (nSPS) is 11.1. The summed E-state index contributed by atoms with van der Waals surface area (Å²) in [6.45, 7) is 1.08. The predicted octanol–water partition coefficient (Wildman–Crippen LogP) is 4.31. The highest BCUT2D eigenvalue weighted by molar-refractivity contribution is 5.98. The van der Waals surface area contributed by atoms with E-state index in [1.165, 1.54) is 0 Å². The van der Waals surface area contributed by atoms with Crippen molar-refractivity contribution in [2.24, 2.45) is 5.41 Å². The average Bonchev–Trinajstić information content (AvgIpc) is 2.74. The van der Waals surface area contributed by atoms with Crippen LogP contribution < -0.4 is 0 Å². The molecule has 0 aliphatic rings. The lowest BCUT2D eigenvalue weighted by molar-refractivity contribution is -0.164. The summed E-state index contributed by atoms with van der Waals surface area (Å²) in [5.41, 5.74) is -0.473. The highest BCUT2D eigenvalue weighted by atomic mass is 19.3. The lowest BCUT2D eigenvalue weighted by atomic mass is 9.76. The van der Waals surface area contributed by atoms with Crippen molar-refractivity contribution in [3.63, 3.8) is 0 Å². The number of benzene rings is 2. The van der Waals surface area contributed by atoms with Gasteiger partial charge in [-0.05, 0) is 24.0 Å². The van der Waals surface area contributed by atoms with Crippen LogP contribution in [0.2, 0.25) is 0 Å². The van der Waals surface area contributed by atoms with Gasteiger partial charge in [0.05, 0.1) is 0 Å². The van der Waals surface area contributed by atoms with E-state index in [9.17, 15) is 37.4 Å². The summed E-state index contributed by atoms with van der Waals surface area (Å²) < 4.78 is 44.3. The van der Waals surface area contributed by atoms with E-state index >= 15 is 0 Å². The van der Waals surface area contributed by atoms with Crippen molar-refractivity contribution in [3.8, 4) is 0 Å². The first-order chi connectivity index (χ1) is 15.2. The van der Waals surface area contributed by atoms with Gasteiger partial charge in [-0.3, -0.25) is 19.2 Å². The second-order valence-electron chi connectivity index (χ2n) is 7.17. The Labute approximate surface area is 187 Å². The predicted molar refractivity (Wildman–Crippen MR) is 111 cm³/mol. The molecule has 2 N–H and O–H groups in total. The van der Waals surface area contributed by atoms with E-state index in [0.717, 1.165) is 0 Å². The van der Waals surface area contributed by atoms with Crippen molar-refractivity contribution in [2.45, 2.75) is 38.5 Å². The van der Waals surface area contributed by atoms with E-state index in [0.29, 0.717) is 25.0 Å². The van der Waals surface area contributed by atoms with Crippen molar-refractivity contribution in [1.82, 2.24) is 0 Å². The van der Waals surface area contributed by atoms with Crippen molar-refractivity contribution in [3.05, 3.63) is 71.8 Å². The van der Waals surface area contributed by atoms with Crippen LogP contribution >= 0.6 is 0 Å². The van der Waals surface area contributed by atoms with E-state index in [1.807, 2.05) is 12.1 Å². The zero-order valence-corrected chi connectivity index (χ0v) is 17.9. The molecule has 2 rings (SSSR count). The Morgan fingerprint density at radius 2 is 0.939 bits per heavy atom. The SMILES string of the molecule is CC(F)(F)C=O.CC(F)(F)C=O.O=C(O)C(Cc1ccccc1)(Cc1ccccc1)C(=O)O. The second-order valence-corrected chi connectivity index (χ2v) is 7.17. The third kappa shape index (κ3) is 12.2. The molecule has 180 valence electrons. The molecule has 0 aliphatic heterocycles. The number of hydrogen-bond acceptors (Lipinski definition) is 4. The van der Waals surface area contributed by atoms with Gasteiger partial charge in [0.1, 0.15) is 0 Å². The molecule has 0 saturated heterocycles. The van der Waals surface area contributed by atoms with Crippen molar-refractivity contribution in [2.75, 3.05) is 0 Å². The highest BCUT2D eigenvalue weighted by Crippen LogP contribution is 2.29. The van der Waals surface area contributed by atoms with Gasteiger partial charge >= 0.3 is 11.9 Å². The van der Waals surface area contributed by atoms with E-state index in [1.54, 1.807) is 48.5 Å². The molecular formula is C23H24F4O6. The van der Waals surface area contributed by atoms with Crippen LogP contribution in [0.25, 0.3) is 0 Å². The third-order valence-corrected chi connectivity index (χ3v) is 3.93. The molecule has 0 aliphatic carbocycles. The molecule has 0 saturated carbocycles. The van der Waals surface area contributed by atoms with Gasteiger partial charge in [-0.15, -0.1) is 0 Å². The molecule has 6 nitrogen and oxygen atoms in total. The minimum atomic E-state index is -3.14. The fourth-order valence-electron chi connectivity index (χ4n) is 2.35. The van der Waals surface area contributed by atoms with Gasteiger partial charge in [0, 0.05) is 13.8 Å². The Morgan fingerprint density at radius 3 is 1.12 bits per heavy atom. The molecule has 0 aromatic heterocycles. The number of carboxylic acid groups (broad SMARTS) is 2. The quantitative estimate of drug-likeness (QED) is 0.337. The first-order valence-electron chi connectivity index (χ1n) is 9.40. The summed E-state index contributed by atoms with van der Waals surface area (Å²) in [6.07, 6.45) is -0.888. The number of carbonyl (C=O) groups is 4. The van der Waals surface area contributed by atoms with Crippen LogP contribution in [0, 0.1) is 5.41 Å². The first-order valence-corrected chi connectivity index (χ1v) is 9.40. The van der Waals surface area contributed by atoms with Gasteiger partial charge in [0.2, 0.25) is 0 Å². The summed E-state index contributed by atoms with van der Waals surface area (Å²) in [7, 11) is 0. The standard InChI is InChI=1S/C17H16O4.2C3H4F2O/c18-15(19)17(16(20)21,11-13-7-3-1-4-8-13)12-14-9-5-2-6-10-14;2*1-3(4,5)2-6/h1-10H,11-12H2,(H,18,19)(H,20,21);2*2H,1H3. The molecule has 0 bridgehead atoms. The number of alkyl halides is 4. The molecule has 2 aromatic carbocycles. The topological polar surface area (TPSA) is 109 Å². The Morgan fingerprint density at radius 1 is 0.697 bits per heavy atom. The summed E-state index contributed by atoms with van der Waals surface area (Å²) in [5.74, 6) is -8.91. The number of aldehydes is 2. The van der Waals surface area contributed by atoms with Crippen LogP contribution in [0.3, 0.4) is 0 Å². The van der Waals surface area contributed by atoms with Crippen LogP contribution in [-0.2, 0) is 32.0 Å². The Hall–Kier alpha value is -3.56. The molecule has 0 radical (unpaired) electrons. The maximum absolute atomic E-state index is 11.7. The smallest absolute Gasteiger partial charge is 0.321 e. The largest absolute Gasteiger partial charge is 0.480 e. The molecule has 10 heteroatoms. The number of halogens is 4. The molecular weight excluding hydrogens is 448 g/mol. The molecule has 33 heavy (non-hydrogen) atoms. The van der Waals surface area contributed by atoms with E-state index in [2.05, 4.69) is 0 Å². The fraction of sp³-hybridized carbons (Fsp3) is 0.304. The van der Waals surface area contributed by atoms with Gasteiger partial charge in [-0.25, -0.2) is 0 Å². The summed E-state index contributed by atoms with van der Waals surface area (Å²) in [4.78, 5) is 41.5. The molecule has 0 atom stereocenters. The van der Waals surface area contributed by atoms with Crippen LogP contribution in [0.5, 0.6) is 0 Å². The van der Waals surface area contributed by atoms with E-state index in [4.69, 9.17) is 9.59 Å². The van der Waals surface area contributed by atoms with Crippen LogP contribution in [0.4, 0.5) is 17.6 Å². The summed E-state index contributed by atoms with van der Waals surface area (Å²) in [6, 6.07) is 17.7. The molecule has 0 heterocycles. The average molecular weight is 472 g/mol. The zero-order chi connectivity index (χ0) is 25.7. The van der Waals surface area contributed by atoms with Crippen molar-refractivity contribution in [1.29, 1.82) is 0 Å². The first kappa shape index (κ1) is 29.4. The van der Waals surface area contributed by atoms with Crippen LogP contribution in [0.1, 0.15) is 25.0 Å². The number of aliphatic carboxylic acids is 2. The number of rotatable bonds is 8. The lowest BCUT2D eigenvalue weighted by Gasteiger charge is -2.25. The molecule has 2 aromatic rings. The minimum absolute atomic E-state index is 0.0482. The van der Waals surface area contributed by atoms with Gasteiger partial charge in [0.15, 0.2) is 18.0 Å². The van der Waals surface area contributed by atoms with Crippen molar-refractivity contribution < 1.29 is 47.0 Å². The van der Waals surface area contributed by atoms with Crippen molar-refractivity contribution >= 4 is 24.5 Å². The Bertz CT molecular complexity index is 815. The molecule has 0 spiro atoms. The Balaban J connectivity index is 0.000000705. The fourth-order valence-corrected chi connectivity index (χ4v) is 2.35. The lowest BCUT2D eigenvalue weighted by Crippen LogP contribution is -2.43. The highest BCUT2D eigenvalue weighted by Gasteiger charge is 2.46. The summed E-state index contributed by atoms with van der Waals surface area (Å²) in [5, 5.41) is 19.1. The van der Waals surface area contributed by atoms with Gasteiger partial charge < -0.3 is 10.2 Å². The second kappa shape index (κ2) is 13.1. The van der Waals surface area contributed by atoms with Crippen LogP contribution in [-0.4, -0.2) is 46.6 Å². The summed E-state index contributed by atoms with van der Waals surface area (Å²) >= 11 is 0. The number of carbonyl (C=O) groups excluding carboxylic acids is 2. The third-order valence-electron chi connectivity index (χ3n) is 3.93. The molecule has 0 amide bonds. The van der Waals surface area contributed by atoms with Crippen LogP contribution in [0.15, 0.2) is 60.7 Å². The van der Waals surface area contributed by atoms with E-state index in [-0.39, 0.29) is 12.8 Å². The van der Waals surface area contributed by atoms with Gasteiger partial charge in [0.25, 0.3) is 11.8 Å². The maximum atomic E-state index is 11.7. The Kier molecular flexibility index (Phi) is 11.7. The van der Waals surface area contributed by atoms with Gasteiger partial charge in [-0.2, -0.15) is 17.6 Å². The monoisotopic (exact) mass is 472 g/mol. The number of hydrogen-bond donors (Lipinski definition) is 2.